The third-order valence-electron chi connectivity index (χ3n) is 5.61. The van der Waals surface area contributed by atoms with E-state index in [1.54, 1.807) is 38.1 Å². The van der Waals surface area contributed by atoms with Crippen LogP contribution in [0.4, 0.5) is 5.88 Å². The van der Waals surface area contributed by atoms with E-state index in [1.807, 2.05) is 11.8 Å². The van der Waals surface area contributed by atoms with Crippen LogP contribution < -0.4 is 10.0 Å². The predicted octanol–water partition coefficient (Wildman–Crippen LogP) is 2.71. The summed E-state index contributed by atoms with van der Waals surface area (Å²) in [6.07, 6.45) is 1.77. The number of carbonyl (C=O) groups excluding carboxylic acids is 1. The molecule has 1 fully saturated rings. The first-order valence-electron chi connectivity index (χ1n) is 10.3. The lowest BCUT2D eigenvalue weighted by Crippen LogP contribution is -2.43. The summed E-state index contributed by atoms with van der Waals surface area (Å²) in [6, 6.07) is 8.81. The van der Waals surface area contributed by atoms with Crippen molar-refractivity contribution in [3.05, 3.63) is 46.7 Å². The first-order valence-corrected chi connectivity index (χ1v) is 11.8. The van der Waals surface area contributed by atoms with Gasteiger partial charge in [-0.25, -0.2) is 13.1 Å². The van der Waals surface area contributed by atoms with Crippen LogP contribution in [0.3, 0.4) is 0 Å². The number of benzene rings is 1. The molecule has 2 N–H and O–H groups in total. The summed E-state index contributed by atoms with van der Waals surface area (Å²) in [5, 5.41) is 12.0. The maximum Gasteiger partial charge on any atom is 0.240 e. The number of hydrogen-bond acceptors (Lipinski definition) is 6. The van der Waals surface area contributed by atoms with Crippen LogP contribution in [0.5, 0.6) is 0 Å². The number of anilines is 1. The van der Waals surface area contributed by atoms with Gasteiger partial charge in [-0.05, 0) is 58.2 Å². The highest BCUT2D eigenvalue weighted by Gasteiger charge is 2.25. The Hall–Kier alpha value is -2.67. The lowest BCUT2D eigenvalue weighted by Gasteiger charge is -2.32. The molecule has 0 spiro atoms. The molecule has 1 aliphatic heterocycles. The first kappa shape index (κ1) is 23.0. The van der Waals surface area contributed by atoms with Gasteiger partial charge in [0.15, 0.2) is 0 Å². The maximum atomic E-state index is 12.5. The summed E-state index contributed by atoms with van der Waals surface area (Å²) >= 11 is 0. The molecule has 0 radical (unpaired) electrons. The lowest BCUT2D eigenvalue weighted by atomic mass is 9.98. The van der Waals surface area contributed by atoms with Crippen LogP contribution in [-0.4, -0.2) is 45.4 Å². The van der Waals surface area contributed by atoms with Crippen LogP contribution in [0.2, 0.25) is 0 Å². The van der Waals surface area contributed by atoms with E-state index < -0.39 is 10.0 Å². The van der Waals surface area contributed by atoms with E-state index in [9.17, 15) is 18.5 Å². The highest BCUT2D eigenvalue weighted by molar-refractivity contribution is 7.89. The fraction of sp³-hybridized carbons (Fsp3) is 0.455. The van der Waals surface area contributed by atoms with Crippen molar-refractivity contribution >= 4 is 21.8 Å². The second kappa shape index (κ2) is 9.64. The third kappa shape index (κ3) is 5.73. The van der Waals surface area contributed by atoms with Crippen molar-refractivity contribution in [3.63, 3.8) is 0 Å². The van der Waals surface area contributed by atoms with E-state index >= 15 is 0 Å². The molecule has 31 heavy (non-hydrogen) atoms. The van der Waals surface area contributed by atoms with Crippen molar-refractivity contribution in [1.29, 1.82) is 5.26 Å². The number of sulfonamides is 1. The largest absolute Gasteiger partial charge is 0.444 e. The van der Waals surface area contributed by atoms with Gasteiger partial charge in [0.2, 0.25) is 21.8 Å². The number of nitriles is 1. The fourth-order valence-corrected chi connectivity index (χ4v) is 4.82. The Balaban J connectivity index is 1.53. The van der Waals surface area contributed by atoms with Crippen LogP contribution in [-0.2, 0) is 14.8 Å². The van der Waals surface area contributed by atoms with Crippen molar-refractivity contribution in [1.82, 2.24) is 9.62 Å². The molecule has 3 rings (SSSR count). The van der Waals surface area contributed by atoms with Gasteiger partial charge in [0.05, 0.1) is 11.4 Å². The van der Waals surface area contributed by atoms with E-state index in [2.05, 4.69) is 16.1 Å². The second-order valence-corrected chi connectivity index (χ2v) is 9.82. The van der Waals surface area contributed by atoms with Crippen molar-refractivity contribution in [2.45, 2.75) is 38.5 Å². The molecule has 1 unspecified atom stereocenters. The summed E-state index contributed by atoms with van der Waals surface area (Å²) < 4.78 is 33.2. The summed E-state index contributed by atoms with van der Waals surface area (Å²) in [6.45, 7) is 7.29. The Labute approximate surface area is 183 Å². The maximum absolute atomic E-state index is 12.5. The fourth-order valence-electron chi connectivity index (χ4n) is 3.71. The lowest BCUT2D eigenvalue weighted by molar-refractivity contribution is -0.117. The van der Waals surface area contributed by atoms with E-state index in [0.29, 0.717) is 24.4 Å². The number of nitrogens with zero attached hydrogens (tertiary/aromatic N) is 2. The van der Waals surface area contributed by atoms with Crippen molar-refractivity contribution < 1.29 is 17.6 Å². The number of furan rings is 1. The van der Waals surface area contributed by atoms with Gasteiger partial charge in [-0.2, -0.15) is 5.26 Å². The number of carbonyl (C=O) groups is 1. The first-order chi connectivity index (χ1) is 14.7. The molecule has 1 aromatic carbocycles. The van der Waals surface area contributed by atoms with E-state index in [0.717, 1.165) is 30.5 Å². The zero-order valence-electron chi connectivity index (χ0n) is 18.1. The molecule has 8 nitrogen and oxygen atoms in total. The second-order valence-electron chi connectivity index (χ2n) is 8.06. The molecule has 1 amide bonds. The zero-order valence-corrected chi connectivity index (χ0v) is 18.9. The minimum absolute atomic E-state index is 0.115. The van der Waals surface area contributed by atoms with Gasteiger partial charge in [0.1, 0.15) is 17.4 Å². The van der Waals surface area contributed by atoms with Gasteiger partial charge in [0.25, 0.3) is 0 Å². The van der Waals surface area contributed by atoms with Gasteiger partial charge in [-0.15, -0.1) is 0 Å². The average Bonchev–Trinajstić information content (AvgIpc) is 2.99. The topological polar surface area (TPSA) is 115 Å². The average molecular weight is 445 g/mol. The molecule has 0 aliphatic carbocycles. The molecule has 0 saturated carbocycles. The third-order valence-corrected chi connectivity index (χ3v) is 7.05. The SMILES string of the molecule is Cc1ccc(S(=O)(=O)NCC2CCCN(CC(=O)Nc3oc(C)c(C)c3C#N)C2)cc1. The Morgan fingerprint density at radius 1 is 1.26 bits per heavy atom. The minimum Gasteiger partial charge on any atom is -0.444 e. The number of hydrogen-bond donors (Lipinski definition) is 2. The highest BCUT2D eigenvalue weighted by Crippen LogP contribution is 2.25. The number of amides is 1. The Morgan fingerprint density at radius 2 is 1.97 bits per heavy atom. The smallest absolute Gasteiger partial charge is 0.240 e. The molecule has 1 aliphatic rings. The summed E-state index contributed by atoms with van der Waals surface area (Å²) in [4.78, 5) is 14.7. The Morgan fingerprint density at radius 3 is 2.65 bits per heavy atom. The van der Waals surface area contributed by atoms with Crippen molar-refractivity contribution in [3.8, 4) is 6.07 Å². The zero-order chi connectivity index (χ0) is 22.6. The monoisotopic (exact) mass is 444 g/mol. The predicted molar refractivity (Wildman–Crippen MR) is 117 cm³/mol. The number of nitrogens with one attached hydrogen (secondary N) is 2. The number of piperidine rings is 1. The highest BCUT2D eigenvalue weighted by atomic mass is 32.2. The molecular weight excluding hydrogens is 416 g/mol. The van der Waals surface area contributed by atoms with Crippen LogP contribution >= 0.6 is 0 Å². The minimum atomic E-state index is -3.56. The number of rotatable bonds is 7. The van der Waals surface area contributed by atoms with E-state index in [1.165, 1.54) is 0 Å². The molecule has 2 heterocycles. The molecule has 1 saturated heterocycles. The number of aryl methyl sites for hydroxylation is 2. The van der Waals surface area contributed by atoms with Crippen LogP contribution in [0, 0.1) is 38.0 Å². The summed E-state index contributed by atoms with van der Waals surface area (Å²) in [5.41, 5.74) is 2.06. The van der Waals surface area contributed by atoms with Crippen LogP contribution in [0.15, 0.2) is 33.6 Å². The van der Waals surface area contributed by atoms with Gasteiger partial charge < -0.3 is 4.42 Å². The summed E-state index contributed by atoms with van der Waals surface area (Å²) in [7, 11) is -3.56. The molecular formula is C22H28N4O4S. The standard InChI is InChI=1S/C22H28N4O4S/c1-15-6-8-19(9-7-15)31(28,29)24-12-18-5-4-10-26(13-18)14-21(27)25-22-20(11-23)16(2)17(3)30-22/h6-9,18,24H,4-5,10,12-14H2,1-3H3,(H,25,27). The van der Waals surface area contributed by atoms with E-state index in [-0.39, 0.29) is 29.1 Å². The van der Waals surface area contributed by atoms with Crippen LogP contribution in [0.1, 0.15) is 35.3 Å². The number of likely N-dealkylation sites (tertiary alicyclic amines) is 1. The van der Waals surface area contributed by atoms with Gasteiger partial charge in [-0.1, -0.05) is 17.7 Å². The molecule has 9 heteroatoms. The van der Waals surface area contributed by atoms with Crippen molar-refractivity contribution in [2.24, 2.45) is 5.92 Å². The van der Waals surface area contributed by atoms with Crippen molar-refractivity contribution in [2.75, 3.05) is 31.5 Å². The molecule has 1 atom stereocenters. The summed E-state index contributed by atoms with van der Waals surface area (Å²) in [5.74, 6) is 0.642. The Bertz CT molecular complexity index is 1080. The van der Waals surface area contributed by atoms with Gasteiger partial charge in [-0.3, -0.25) is 15.0 Å². The van der Waals surface area contributed by atoms with Gasteiger partial charge >= 0.3 is 0 Å². The molecule has 1 aromatic heterocycles. The van der Waals surface area contributed by atoms with E-state index in [4.69, 9.17) is 4.42 Å². The molecule has 0 bridgehead atoms. The normalized spacial score (nSPS) is 17.3. The molecule has 166 valence electrons. The van der Waals surface area contributed by atoms with Crippen LogP contribution in [0.25, 0.3) is 0 Å². The Kier molecular flexibility index (Phi) is 7.15. The van der Waals surface area contributed by atoms with Gasteiger partial charge in [0, 0.05) is 18.7 Å². The quantitative estimate of drug-likeness (QED) is 0.678. The molecule has 2 aromatic rings.